The van der Waals surface area contributed by atoms with E-state index in [2.05, 4.69) is 21.0 Å². The number of carbonyl (C=O) groups excluding carboxylic acids is 3. The highest BCUT2D eigenvalue weighted by Gasteiger charge is 2.50. The molecule has 1 aromatic heterocycles. The van der Waals surface area contributed by atoms with Gasteiger partial charge < -0.3 is 10.6 Å². The van der Waals surface area contributed by atoms with Crippen LogP contribution in [0, 0.1) is 5.82 Å². The van der Waals surface area contributed by atoms with E-state index in [4.69, 9.17) is 0 Å². The number of urea groups is 1. The average Bonchev–Trinajstić information content (AvgIpc) is 3.33. The first-order valence-electron chi connectivity index (χ1n) is 9.89. The summed E-state index contributed by atoms with van der Waals surface area (Å²) in [6.07, 6.45) is -3.13. The third-order valence-corrected chi connectivity index (χ3v) is 5.46. The van der Waals surface area contributed by atoms with Gasteiger partial charge in [0.25, 0.3) is 11.8 Å². The molecule has 1 fully saturated rings. The minimum Gasteiger partial charge on any atom is -0.349 e. The van der Waals surface area contributed by atoms with E-state index >= 15 is 0 Å². The number of alkyl halides is 3. The number of nitrogens with zero attached hydrogens (tertiary/aromatic N) is 2. The fraction of sp³-hybridized carbons (Fsp3) is 0.182. The quantitative estimate of drug-likeness (QED) is 0.390. The standard InChI is InChI=1S/C22H17F4N5O3/c1-31-17(8-9-28-31)21(19(33)29-20(34)30-21)11-27-18(32)15-7-6-14(23)10-16(15)12-2-4-13(5-3-12)22(24,25)26/h2-10H,11H2,1H3,(H,27,32)(H2,29,30,33,34). The second-order valence-corrected chi connectivity index (χ2v) is 7.60. The largest absolute Gasteiger partial charge is 0.416 e. The zero-order valence-corrected chi connectivity index (χ0v) is 17.5. The number of aromatic nitrogens is 2. The van der Waals surface area contributed by atoms with E-state index < -0.39 is 40.9 Å². The zero-order chi connectivity index (χ0) is 24.7. The number of benzene rings is 2. The highest BCUT2D eigenvalue weighted by atomic mass is 19.4. The summed E-state index contributed by atoms with van der Waals surface area (Å²) in [4.78, 5) is 37.5. The molecule has 1 saturated heterocycles. The topological polar surface area (TPSA) is 105 Å². The Morgan fingerprint density at radius 3 is 2.38 bits per heavy atom. The van der Waals surface area contributed by atoms with Crippen molar-refractivity contribution in [2.75, 3.05) is 6.54 Å². The smallest absolute Gasteiger partial charge is 0.349 e. The van der Waals surface area contributed by atoms with Gasteiger partial charge in [-0.3, -0.25) is 19.6 Å². The van der Waals surface area contributed by atoms with Crippen molar-refractivity contribution in [2.45, 2.75) is 11.7 Å². The Bertz CT molecular complexity index is 1290. The number of hydrogen-bond donors (Lipinski definition) is 3. The summed E-state index contributed by atoms with van der Waals surface area (Å²) in [5.41, 5.74) is -2.03. The van der Waals surface area contributed by atoms with Gasteiger partial charge in [0, 0.05) is 18.8 Å². The maximum Gasteiger partial charge on any atom is 0.416 e. The molecule has 12 heteroatoms. The summed E-state index contributed by atoms with van der Waals surface area (Å²) in [6, 6.07) is 7.92. The minimum atomic E-state index is -4.55. The van der Waals surface area contributed by atoms with Crippen molar-refractivity contribution in [3.8, 4) is 11.1 Å². The molecule has 8 nitrogen and oxygen atoms in total. The lowest BCUT2D eigenvalue weighted by atomic mass is 9.94. The van der Waals surface area contributed by atoms with Crippen molar-refractivity contribution < 1.29 is 31.9 Å². The monoisotopic (exact) mass is 475 g/mol. The van der Waals surface area contributed by atoms with Gasteiger partial charge in [-0.05, 0) is 47.5 Å². The first-order chi connectivity index (χ1) is 16.0. The van der Waals surface area contributed by atoms with Crippen molar-refractivity contribution >= 4 is 17.8 Å². The van der Waals surface area contributed by atoms with Crippen LogP contribution in [-0.2, 0) is 23.6 Å². The number of rotatable bonds is 5. The maximum atomic E-state index is 14.0. The number of halogens is 4. The summed E-state index contributed by atoms with van der Waals surface area (Å²) < 4.78 is 54.0. The fourth-order valence-corrected chi connectivity index (χ4v) is 3.78. The molecule has 0 aliphatic carbocycles. The van der Waals surface area contributed by atoms with E-state index in [1.54, 1.807) is 7.05 Å². The molecule has 4 rings (SSSR count). The highest BCUT2D eigenvalue weighted by Crippen LogP contribution is 2.32. The number of carbonyl (C=O) groups is 3. The Balaban J connectivity index is 1.65. The van der Waals surface area contributed by atoms with Crippen LogP contribution >= 0.6 is 0 Å². The molecule has 34 heavy (non-hydrogen) atoms. The molecule has 2 heterocycles. The fourth-order valence-electron chi connectivity index (χ4n) is 3.78. The second-order valence-electron chi connectivity index (χ2n) is 7.60. The molecule has 0 saturated carbocycles. The lowest BCUT2D eigenvalue weighted by molar-refractivity contribution is -0.137. The molecular weight excluding hydrogens is 458 g/mol. The minimum absolute atomic E-state index is 0.0361. The molecule has 0 radical (unpaired) electrons. The van der Waals surface area contributed by atoms with Gasteiger partial charge in [-0.2, -0.15) is 18.3 Å². The van der Waals surface area contributed by atoms with Gasteiger partial charge in [-0.25, -0.2) is 9.18 Å². The zero-order valence-electron chi connectivity index (χ0n) is 17.5. The van der Waals surface area contributed by atoms with E-state index in [-0.39, 0.29) is 23.2 Å². The predicted molar refractivity (Wildman–Crippen MR) is 111 cm³/mol. The van der Waals surface area contributed by atoms with Crippen LogP contribution in [0.5, 0.6) is 0 Å². The van der Waals surface area contributed by atoms with Gasteiger partial charge in [0.2, 0.25) is 0 Å². The Morgan fingerprint density at radius 1 is 1.12 bits per heavy atom. The van der Waals surface area contributed by atoms with Crippen molar-refractivity contribution in [3.63, 3.8) is 0 Å². The van der Waals surface area contributed by atoms with E-state index in [9.17, 15) is 31.9 Å². The van der Waals surface area contributed by atoms with Crippen LogP contribution in [0.2, 0.25) is 0 Å². The summed E-state index contributed by atoms with van der Waals surface area (Å²) >= 11 is 0. The lowest BCUT2D eigenvalue weighted by Crippen LogP contribution is -2.53. The van der Waals surface area contributed by atoms with Crippen LogP contribution in [0.15, 0.2) is 54.7 Å². The number of nitrogens with one attached hydrogen (secondary N) is 3. The van der Waals surface area contributed by atoms with E-state index in [0.717, 1.165) is 36.4 Å². The molecule has 3 aromatic rings. The second kappa shape index (κ2) is 8.28. The van der Waals surface area contributed by atoms with Crippen LogP contribution in [0.3, 0.4) is 0 Å². The molecule has 1 aliphatic heterocycles. The van der Waals surface area contributed by atoms with Gasteiger partial charge in [0.15, 0.2) is 5.54 Å². The molecule has 0 bridgehead atoms. The Labute approximate surface area is 189 Å². The third-order valence-electron chi connectivity index (χ3n) is 5.46. The number of hydrogen-bond acceptors (Lipinski definition) is 4. The summed E-state index contributed by atoms with van der Waals surface area (Å²) in [5, 5.41) is 11.2. The lowest BCUT2D eigenvalue weighted by Gasteiger charge is -2.26. The maximum absolute atomic E-state index is 14.0. The molecule has 1 unspecified atom stereocenters. The normalized spacial score (nSPS) is 17.9. The molecule has 1 aliphatic rings. The van der Waals surface area contributed by atoms with Gasteiger partial charge in [0.05, 0.1) is 17.8 Å². The van der Waals surface area contributed by atoms with Gasteiger partial charge in [-0.15, -0.1) is 0 Å². The predicted octanol–water partition coefficient (Wildman–Crippen LogP) is 2.71. The van der Waals surface area contributed by atoms with Crippen molar-refractivity contribution in [2.24, 2.45) is 7.05 Å². The summed E-state index contributed by atoms with van der Waals surface area (Å²) in [5.74, 6) is -2.13. The number of imide groups is 1. The van der Waals surface area contributed by atoms with Crippen molar-refractivity contribution in [1.29, 1.82) is 0 Å². The van der Waals surface area contributed by atoms with E-state index in [1.165, 1.54) is 23.0 Å². The van der Waals surface area contributed by atoms with Crippen LogP contribution in [0.25, 0.3) is 11.1 Å². The van der Waals surface area contributed by atoms with Crippen LogP contribution in [0.4, 0.5) is 22.4 Å². The number of aryl methyl sites for hydroxylation is 1. The van der Waals surface area contributed by atoms with Gasteiger partial charge in [0.1, 0.15) is 5.82 Å². The summed E-state index contributed by atoms with van der Waals surface area (Å²) in [7, 11) is 1.55. The van der Waals surface area contributed by atoms with E-state index in [1.807, 2.05) is 0 Å². The molecule has 3 N–H and O–H groups in total. The molecule has 1 atom stereocenters. The molecule has 176 valence electrons. The van der Waals surface area contributed by atoms with Crippen molar-refractivity contribution in [1.82, 2.24) is 25.7 Å². The first kappa shape index (κ1) is 23.0. The Hall–Kier alpha value is -4.22. The SMILES string of the molecule is Cn1nccc1C1(CNC(=O)c2ccc(F)cc2-c2ccc(C(F)(F)F)cc2)NC(=O)NC1=O. The van der Waals surface area contributed by atoms with E-state index in [0.29, 0.717) is 5.69 Å². The van der Waals surface area contributed by atoms with Crippen molar-refractivity contribution in [3.05, 3.63) is 77.4 Å². The third kappa shape index (κ3) is 4.09. The molecule has 2 aromatic carbocycles. The Kier molecular flexibility index (Phi) is 5.59. The first-order valence-corrected chi connectivity index (χ1v) is 9.89. The highest BCUT2D eigenvalue weighted by molar-refractivity contribution is 6.08. The molecule has 4 amide bonds. The molecular formula is C22H17F4N5O3. The summed E-state index contributed by atoms with van der Waals surface area (Å²) in [6.45, 7) is -0.368. The van der Waals surface area contributed by atoms with Gasteiger partial charge in [-0.1, -0.05) is 12.1 Å². The number of amides is 4. The Morgan fingerprint density at radius 2 is 1.82 bits per heavy atom. The van der Waals surface area contributed by atoms with Crippen LogP contribution in [-0.4, -0.2) is 34.2 Å². The van der Waals surface area contributed by atoms with Crippen LogP contribution in [0.1, 0.15) is 21.6 Å². The van der Waals surface area contributed by atoms with Crippen LogP contribution < -0.4 is 16.0 Å². The molecule has 0 spiro atoms. The average molecular weight is 475 g/mol. The van der Waals surface area contributed by atoms with Gasteiger partial charge >= 0.3 is 12.2 Å².